The molecule has 0 aliphatic rings. The normalized spacial score (nSPS) is 11.4. The van der Waals surface area contributed by atoms with Crippen LogP contribution in [0.4, 0.5) is 17.1 Å². The zero-order valence-electron chi connectivity index (χ0n) is 29.2. The van der Waals surface area contributed by atoms with Crippen LogP contribution in [0.15, 0.2) is 212 Å². The quantitative estimate of drug-likeness (QED) is 0.159. The van der Waals surface area contributed by atoms with E-state index in [0.29, 0.717) is 0 Å². The molecule has 0 aliphatic carbocycles. The fourth-order valence-corrected chi connectivity index (χ4v) is 8.03. The average molecular weight is 674 g/mol. The van der Waals surface area contributed by atoms with Crippen molar-refractivity contribution >= 4 is 60.2 Å². The van der Waals surface area contributed by atoms with E-state index in [4.69, 9.17) is 0 Å². The van der Waals surface area contributed by atoms with Gasteiger partial charge in [-0.3, -0.25) is 0 Å². The molecule has 0 spiro atoms. The van der Waals surface area contributed by atoms with Gasteiger partial charge < -0.3 is 4.90 Å². The monoisotopic (exact) mass is 673 g/mol. The van der Waals surface area contributed by atoms with E-state index < -0.39 is 0 Å². The first kappa shape index (κ1) is 30.8. The summed E-state index contributed by atoms with van der Waals surface area (Å²) in [5, 5.41) is 10.0. The maximum Gasteiger partial charge on any atom is 0.0540 e. The van der Waals surface area contributed by atoms with Crippen molar-refractivity contribution in [2.45, 2.75) is 0 Å². The van der Waals surface area contributed by atoms with Crippen molar-refractivity contribution in [3.63, 3.8) is 0 Å². The van der Waals surface area contributed by atoms with Crippen molar-refractivity contribution in [3.05, 3.63) is 212 Å². The van der Waals surface area contributed by atoms with Gasteiger partial charge in [0.1, 0.15) is 0 Å². The van der Waals surface area contributed by atoms with Crippen LogP contribution >= 0.6 is 0 Å². The molecule has 0 aromatic heterocycles. The molecule has 0 aliphatic heterocycles. The number of hydrogen-bond acceptors (Lipinski definition) is 1. The molecule has 0 radical (unpaired) electrons. The second-order valence-electron chi connectivity index (χ2n) is 13.7. The van der Waals surface area contributed by atoms with E-state index in [0.717, 1.165) is 17.1 Å². The van der Waals surface area contributed by atoms with Crippen LogP contribution in [0.25, 0.3) is 76.5 Å². The van der Waals surface area contributed by atoms with E-state index in [-0.39, 0.29) is 0 Å². The minimum absolute atomic E-state index is 1.11. The molecule has 10 rings (SSSR count). The van der Waals surface area contributed by atoms with Gasteiger partial charge in [-0.1, -0.05) is 170 Å². The Morgan fingerprint density at radius 2 is 0.755 bits per heavy atom. The third-order valence-electron chi connectivity index (χ3n) is 10.6. The zero-order chi connectivity index (χ0) is 35.1. The predicted octanol–water partition coefficient (Wildman–Crippen LogP) is 14.8. The molecule has 0 saturated carbocycles. The summed E-state index contributed by atoms with van der Waals surface area (Å²) in [7, 11) is 0. The van der Waals surface area contributed by atoms with Crippen LogP contribution in [0.3, 0.4) is 0 Å². The fraction of sp³-hybridized carbons (Fsp3) is 0. The molecule has 0 heterocycles. The van der Waals surface area contributed by atoms with Gasteiger partial charge >= 0.3 is 0 Å². The molecular weight excluding hydrogens is 639 g/mol. The molecule has 53 heavy (non-hydrogen) atoms. The summed E-state index contributed by atoms with van der Waals surface area (Å²) in [5.74, 6) is 0. The number of nitrogens with zero attached hydrogens (tertiary/aromatic N) is 1. The van der Waals surface area contributed by atoms with Crippen molar-refractivity contribution in [2.75, 3.05) is 4.90 Å². The van der Waals surface area contributed by atoms with Crippen molar-refractivity contribution in [1.29, 1.82) is 0 Å². The summed E-state index contributed by atoms with van der Waals surface area (Å²) < 4.78 is 0. The summed E-state index contributed by atoms with van der Waals surface area (Å²) >= 11 is 0. The first-order valence-corrected chi connectivity index (χ1v) is 18.3. The van der Waals surface area contributed by atoms with E-state index in [1.807, 2.05) is 0 Å². The van der Waals surface area contributed by atoms with Gasteiger partial charge in [-0.15, -0.1) is 0 Å². The summed E-state index contributed by atoms with van der Waals surface area (Å²) in [6.07, 6.45) is 0. The third-order valence-corrected chi connectivity index (χ3v) is 10.6. The Kier molecular flexibility index (Phi) is 7.55. The molecule has 10 aromatic rings. The van der Waals surface area contributed by atoms with Gasteiger partial charge in [0.2, 0.25) is 0 Å². The lowest BCUT2D eigenvalue weighted by Crippen LogP contribution is -2.10. The molecule has 0 unspecified atom stereocenters. The highest BCUT2D eigenvalue weighted by molar-refractivity contribution is 6.14. The molecule has 248 valence electrons. The van der Waals surface area contributed by atoms with E-state index >= 15 is 0 Å². The summed E-state index contributed by atoms with van der Waals surface area (Å²) in [5.41, 5.74) is 10.7. The second-order valence-corrected chi connectivity index (χ2v) is 13.7. The summed E-state index contributed by atoms with van der Waals surface area (Å²) in [4.78, 5) is 2.41. The molecule has 0 saturated heterocycles. The summed E-state index contributed by atoms with van der Waals surface area (Å²) in [6, 6.07) is 77.3. The second kappa shape index (κ2) is 13.0. The Morgan fingerprint density at radius 3 is 1.47 bits per heavy atom. The lowest BCUT2D eigenvalue weighted by atomic mass is 9.93. The standard InChI is InChI=1S/C52H35N/c1-2-12-36(13-3-1)38-24-28-43(29-25-38)53(44-30-26-39(27-31-44)51-35-41-16-6-7-17-45(41)47-18-8-9-20-49(47)51)52-33-32-46(48-19-10-11-21-50(48)52)42-23-22-37-14-4-5-15-40(37)34-42/h1-35H. The first-order chi connectivity index (χ1) is 26.3. The number of anilines is 3. The third kappa shape index (κ3) is 5.51. The van der Waals surface area contributed by atoms with Gasteiger partial charge in [-0.25, -0.2) is 0 Å². The largest absolute Gasteiger partial charge is 0.310 e. The highest BCUT2D eigenvalue weighted by Gasteiger charge is 2.18. The van der Waals surface area contributed by atoms with Gasteiger partial charge in [0.25, 0.3) is 0 Å². The lowest BCUT2D eigenvalue weighted by Gasteiger charge is -2.28. The highest BCUT2D eigenvalue weighted by Crippen LogP contribution is 2.44. The van der Waals surface area contributed by atoms with Crippen LogP contribution in [0.2, 0.25) is 0 Å². The minimum Gasteiger partial charge on any atom is -0.310 e. The van der Waals surface area contributed by atoms with E-state index in [2.05, 4.69) is 217 Å². The molecule has 10 aromatic carbocycles. The Hall–Kier alpha value is -6.96. The van der Waals surface area contributed by atoms with Crippen LogP contribution in [-0.4, -0.2) is 0 Å². The van der Waals surface area contributed by atoms with Crippen molar-refractivity contribution in [2.24, 2.45) is 0 Å². The zero-order valence-corrected chi connectivity index (χ0v) is 29.2. The van der Waals surface area contributed by atoms with Gasteiger partial charge in [0.05, 0.1) is 5.69 Å². The van der Waals surface area contributed by atoms with Crippen molar-refractivity contribution < 1.29 is 0 Å². The Balaban J connectivity index is 1.13. The Morgan fingerprint density at radius 1 is 0.245 bits per heavy atom. The van der Waals surface area contributed by atoms with Gasteiger partial charge in [-0.05, 0) is 114 Å². The molecule has 1 nitrogen and oxygen atoms in total. The van der Waals surface area contributed by atoms with Gasteiger partial charge in [0, 0.05) is 16.8 Å². The van der Waals surface area contributed by atoms with Crippen LogP contribution in [0, 0.1) is 0 Å². The van der Waals surface area contributed by atoms with Crippen molar-refractivity contribution in [3.8, 4) is 33.4 Å². The van der Waals surface area contributed by atoms with Gasteiger partial charge in [0.15, 0.2) is 0 Å². The fourth-order valence-electron chi connectivity index (χ4n) is 8.03. The maximum atomic E-state index is 2.41. The SMILES string of the molecule is c1ccc(-c2ccc(N(c3ccc(-c4cc5ccccc5c5ccccc45)cc3)c3ccc(-c4ccc5ccccc5c4)c4ccccc34)cc2)cc1. The molecule has 0 N–H and O–H groups in total. The van der Waals surface area contributed by atoms with Crippen LogP contribution < -0.4 is 4.90 Å². The van der Waals surface area contributed by atoms with E-state index in [9.17, 15) is 0 Å². The number of benzene rings is 10. The molecule has 0 fully saturated rings. The molecular formula is C52H35N. The number of fused-ring (bicyclic) bond motifs is 5. The average Bonchev–Trinajstić information content (AvgIpc) is 3.24. The summed E-state index contributed by atoms with van der Waals surface area (Å²) in [6.45, 7) is 0. The van der Waals surface area contributed by atoms with E-state index in [1.54, 1.807) is 0 Å². The number of rotatable bonds is 6. The maximum absolute atomic E-state index is 2.41. The Bertz CT molecular complexity index is 2920. The smallest absolute Gasteiger partial charge is 0.0540 e. The van der Waals surface area contributed by atoms with Crippen LogP contribution in [0.1, 0.15) is 0 Å². The van der Waals surface area contributed by atoms with Gasteiger partial charge in [-0.2, -0.15) is 0 Å². The topological polar surface area (TPSA) is 3.24 Å². The lowest BCUT2D eigenvalue weighted by molar-refractivity contribution is 1.30. The highest BCUT2D eigenvalue weighted by atomic mass is 15.1. The molecule has 0 atom stereocenters. The molecule has 1 heteroatoms. The predicted molar refractivity (Wildman–Crippen MR) is 227 cm³/mol. The first-order valence-electron chi connectivity index (χ1n) is 18.3. The molecule has 0 amide bonds. The van der Waals surface area contributed by atoms with Crippen LogP contribution in [-0.2, 0) is 0 Å². The van der Waals surface area contributed by atoms with E-state index in [1.165, 1.54) is 76.5 Å². The van der Waals surface area contributed by atoms with Crippen molar-refractivity contribution in [1.82, 2.24) is 0 Å². The number of hydrogen-bond donors (Lipinski definition) is 0. The molecule has 0 bridgehead atoms. The van der Waals surface area contributed by atoms with Crippen LogP contribution in [0.5, 0.6) is 0 Å². The Labute approximate surface area is 309 Å². The minimum atomic E-state index is 1.11.